The summed E-state index contributed by atoms with van der Waals surface area (Å²) in [6.07, 6.45) is 5.69. The van der Waals surface area contributed by atoms with E-state index in [0.717, 1.165) is 32.5 Å². The van der Waals surface area contributed by atoms with E-state index in [4.69, 9.17) is 9.47 Å². The van der Waals surface area contributed by atoms with Crippen molar-refractivity contribution in [3.8, 4) is 0 Å². The fourth-order valence-corrected chi connectivity index (χ4v) is 2.35. The summed E-state index contributed by atoms with van der Waals surface area (Å²) < 4.78 is 12.1. The molecule has 1 saturated heterocycles. The smallest absolute Gasteiger partial charge is 0.435 e. The Balaban J connectivity index is 1.88. The van der Waals surface area contributed by atoms with Gasteiger partial charge < -0.3 is 9.47 Å². The Morgan fingerprint density at radius 3 is 2.83 bits per heavy atom. The van der Waals surface area contributed by atoms with Crippen LogP contribution in [0, 0.1) is 5.92 Å². The lowest BCUT2D eigenvalue weighted by Crippen LogP contribution is -2.34. The van der Waals surface area contributed by atoms with Crippen molar-refractivity contribution in [2.45, 2.75) is 38.7 Å². The quantitative estimate of drug-likeness (QED) is 0.829. The van der Waals surface area contributed by atoms with Crippen molar-refractivity contribution in [2.75, 3.05) is 13.2 Å². The van der Waals surface area contributed by atoms with Gasteiger partial charge in [-0.25, -0.2) is 4.79 Å². The van der Waals surface area contributed by atoms with Gasteiger partial charge in [0.15, 0.2) is 0 Å². The van der Waals surface area contributed by atoms with Gasteiger partial charge >= 0.3 is 6.09 Å². The molecule has 100 valence electrons. The molecule has 2 rings (SSSR count). The highest BCUT2D eigenvalue weighted by Gasteiger charge is 2.29. The van der Waals surface area contributed by atoms with E-state index in [1.807, 2.05) is 13.8 Å². The minimum absolute atomic E-state index is 0.419. The van der Waals surface area contributed by atoms with Crippen LogP contribution in [0.2, 0.25) is 0 Å². The van der Waals surface area contributed by atoms with Crippen LogP contribution in [0.1, 0.15) is 33.1 Å². The van der Waals surface area contributed by atoms with Crippen LogP contribution < -0.4 is 0 Å². The normalized spacial score (nSPS) is 17.7. The summed E-state index contributed by atoms with van der Waals surface area (Å²) in [7, 11) is 0. The van der Waals surface area contributed by atoms with E-state index in [0.29, 0.717) is 5.92 Å². The second kappa shape index (κ2) is 5.52. The molecule has 0 N–H and O–H groups in total. The predicted octanol–water partition coefficient (Wildman–Crippen LogP) is 2.46. The summed E-state index contributed by atoms with van der Waals surface area (Å²) >= 11 is 0. The number of aromatic nitrogens is 2. The fraction of sp³-hybridized carbons (Fsp3) is 0.692. The monoisotopic (exact) mass is 252 g/mol. The minimum Gasteiger partial charge on any atom is -0.442 e. The van der Waals surface area contributed by atoms with Crippen molar-refractivity contribution in [2.24, 2.45) is 5.92 Å². The highest BCUT2D eigenvalue weighted by atomic mass is 16.6. The maximum atomic E-state index is 11.8. The second-order valence-corrected chi connectivity index (χ2v) is 5.34. The van der Waals surface area contributed by atoms with Gasteiger partial charge in [0.1, 0.15) is 5.60 Å². The molecule has 0 saturated carbocycles. The molecule has 1 aliphatic heterocycles. The van der Waals surface area contributed by atoms with Crippen LogP contribution in [-0.4, -0.2) is 34.7 Å². The highest BCUT2D eigenvalue weighted by molar-refractivity contribution is 5.69. The third-order valence-electron chi connectivity index (χ3n) is 3.18. The first-order valence-electron chi connectivity index (χ1n) is 6.37. The average molecular weight is 252 g/mol. The third-order valence-corrected chi connectivity index (χ3v) is 3.18. The lowest BCUT2D eigenvalue weighted by molar-refractivity contribution is -0.00411. The zero-order valence-electron chi connectivity index (χ0n) is 11.0. The number of carbonyl (C=O) groups is 1. The number of hydrogen-bond acceptors (Lipinski definition) is 4. The van der Waals surface area contributed by atoms with Crippen molar-refractivity contribution in [3.63, 3.8) is 0 Å². The lowest BCUT2D eigenvalue weighted by atomic mass is 9.88. The molecule has 0 aromatic carbocycles. The number of ether oxygens (including phenoxy) is 2. The van der Waals surface area contributed by atoms with Crippen molar-refractivity contribution in [1.29, 1.82) is 0 Å². The zero-order valence-corrected chi connectivity index (χ0v) is 11.0. The van der Waals surface area contributed by atoms with Gasteiger partial charge in [0.25, 0.3) is 0 Å². The summed E-state index contributed by atoms with van der Waals surface area (Å²) in [5.41, 5.74) is -0.467. The first-order chi connectivity index (χ1) is 8.57. The van der Waals surface area contributed by atoms with Crippen LogP contribution in [0.4, 0.5) is 4.79 Å². The maximum Gasteiger partial charge on any atom is 0.435 e. The van der Waals surface area contributed by atoms with Crippen molar-refractivity contribution < 1.29 is 14.3 Å². The van der Waals surface area contributed by atoms with Crippen LogP contribution >= 0.6 is 0 Å². The Morgan fingerprint density at radius 1 is 1.50 bits per heavy atom. The molecular weight excluding hydrogens is 232 g/mol. The first-order valence-corrected chi connectivity index (χ1v) is 6.37. The van der Waals surface area contributed by atoms with Gasteiger partial charge in [-0.15, -0.1) is 0 Å². The average Bonchev–Trinajstić information content (AvgIpc) is 2.82. The Bertz CT molecular complexity index is 381. The maximum absolute atomic E-state index is 11.8. The standard InChI is InChI=1S/C13H20N2O3/c1-13(2,10-11-4-8-17-9-5-11)18-12(16)15-7-3-6-14-15/h3,6-7,11H,4-5,8-10H2,1-2H3. The molecular formula is C13H20N2O3. The first kappa shape index (κ1) is 13.1. The van der Waals surface area contributed by atoms with Gasteiger partial charge in [0, 0.05) is 25.6 Å². The molecule has 0 spiro atoms. The summed E-state index contributed by atoms with van der Waals surface area (Å²) in [6, 6.07) is 1.70. The Labute approximate surface area is 107 Å². The largest absolute Gasteiger partial charge is 0.442 e. The Morgan fingerprint density at radius 2 is 2.22 bits per heavy atom. The SMILES string of the molecule is CC(C)(CC1CCOCC1)OC(=O)n1cccn1. The molecule has 0 atom stereocenters. The van der Waals surface area contributed by atoms with E-state index in [9.17, 15) is 4.79 Å². The molecule has 1 fully saturated rings. The lowest BCUT2D eigenvalue weighted by Gasteiger charge is -2.31. The van der Waals surface area contributed by atoms with E-state index in [1.54, 1.807) is 18.5 Å². The molecule has 5 nitrogen and oxygen atoms in total. The van der Waals surface area contributed by atoms with Gasteiger partial charge in [0.2, 0.25) is 0 Å². The van der Waals surface area contributed by atoms with E-state index >= 15 is 0 Å². The molecule has 0 amide bonds. The molecule has 1 aromatic rings. The summed E-state index contributed by atoms with van der Waals surface area (Å²) in [6.45, 7) is 5.52. The topological polar surface area (TPSA) is 53.4 Å². The van der Waals surface area contributed by atoms with Crippen LogP contribution in [-0.2, 0) is 9.47 Å². The molecule has 0 aliphatic carbocycles. The van der Waals surface area contributed by atoms with Crippen molar-refractivity contribution >= 4 is 6.09 Å². The van der Waals surface area contributed by atoms with E-state index in [-0.39, 0.29) is 0 Å². The molecule has 2 heterocycles. The molecule has 5 heteroatoms. The molecule has 18 heavy (non-hydrogen) atoms. The van der Waals surface area contributed by atoms with Gasteiger partial charge in [0.05, 0.1) is 0 Å². The van der Waals surface area contributed by atoms with Gasteiger partial charge in [-0.05, 0) is 45.1 Å². The van der Waals surface area contributed by atoms with Crippen LogP contribution in [0.15, 0.2) is 18.5 Å². The molecule has 0 radical (unpaired) electrons. The van der Waals surface area contributed by atoms with Crippen molar-refractivity contribution in [1.82, 2.24) is 9.78 Å². The van der Waals surface area contributed by atoms with Gasteiger partial charge in [-0.1, -0.05) is 0 Å². The van der Waals surface area contributed by atoms with Gasteiger partial charge in [-0.3, -0.25) is 0 Å². The Hall–Kier alpha value is -1.36. The number of carbonyl (C=O) groups excluding carboxylic acids is 1. The number of nitrogens with zero attached hydrogens (tertiary/aromatic N) is 2. The fourth-order valence-electron chi connectivity index (χ4n) is 2.35. The molecule has 1 aromatic heterocycles. The second-order valence-electron chi connectivity index (χ2n) is 5.34. The minimum atomic E-state index is -0.467. The molecule has 0 bridgehead atoms. The van der Waals surface area contributed by atoms with E-state index < -0.39 is 11.7 Å². The number of hydrogen-bond donors (Lipinski definition) is 0. The van der Waals surface area contributed by atoms with Crippen LogP contribution in [0.5, 0.6) is 0 Å². The van der Waals surface area contributed by atoms with Gasteiger partial charge in [-0.2, -0.15) is 9.78 Å². The third kappa shape index (κ3) is 3.57. The highest BCUT2D eigenvalue weighted by Crippen LogP contribution is 2.27. The summed E-state index contributed by atoms with van der Waals surface area (Å²) in [5.74, 6) is 0.569. The predicted molar refractivity (Wildman–Crippen MR) is 66.3 cm³/mol. The van der Waals surface area contributed by atoms with Crippen LogP contribution in [0.25, 0.3) is 0 Å². The van der Waals surface area contributed by atoms with Crippen LogP contribution in [0.3, 0.4) is 0 Å². The number of rotatable bonds is 3. The molecule has 0 unspecified atom stereocenters. The Kier molecular flexibility index (Phi) is 4.01. The van der Waals surface area contributed by atoms with E-state index in [2.05, 4.69) is 5.10 Å². The van der Waals surface area contributed by atoms with E-state index in [1.165, 1.54) is 4.68 Å². The molecule has 1 aliphatic rings. The van der Waals surface area contributed by atoms with Crippen molar-refractivity contribution in [3.05, 3.63) is 18.5 Å². The summed E-state index contributed by atoms with van der Waals surface area (Å²) in [4.78, 5) is 11.8. The summed E-state index contributed by atoms with van der Waals surface area (Å²) in [5, 5.41) is 3.87. The zero-order chi connectivity index (χ0) is 13.0.